The fourth-order valence-corrected chi connectivity index (χ4v) is 8.65. The van der Waals surface area contributed by atoms with E-state index in [9.17, 15) is 0 Å². The molecule has 0 fully saturated rings. The number of nitrogens with zero attached hydrogens (tertiary/aromatic N) is 2. The SMILES string of the molecule is Cc1cc2oc3cc(C)c(-n4c5ccccc5c5cc(-c6ccccc6)ccc54)c(C)c3c2c(C)c1-n1c2ccccc2c2ccccc21. The van der Waals surface area contributed by atoms with Crippen LogP contribution in [0, 0.1) is 27.7 Å². The molecule has 3 heteroatoms. The topological polar surface area (TPSA) is 23.0 Å². The lowest BCUT2D eigenvalue weighted by Gasteiger charge is -2.17. The van der Waals surface area contributed by atoms with Crippen LogP contribution >= 0.6 is 0 Å². The summed E-state index contributed by atoms with van der Waals surface area (Å²) in [5.74, 6) is 0. The van der Waals surface area contributed by atoms with Crippen LogP contribution in [0.4, 0.5) is 0 Å². The Balaban J connectivity index is 1.28. The van der Waals surface area contributed by atoms with E-state index < -0.39 is 0 Å². The maximum Gasteiger partial charge on any atom is 0.136 e. The molecule has 0 spiro atoms. The summed E-state index contributed by atoms with van der Waals surface area (Å²) in [6, 6.07) is 48.3. The van der Waals surface area contributed by atoms with E-state index in [-0.39, 0.29) is 0 Å². The summed E-state index contributed by atoms with van der Waals surface area (Å²) in [4.78, 5) is 0. The van der Waals surface area contributed by atoms with Crippen molar-refractivity contribution in [3.63, 3.8) is 0 Å². The van der Waals surface area contributed by atoms with E-state index in [1.165, 1.54) is 99.1 Å². The van der Waals surface area contributed by atoms with E-state index in [1.54, 1.807) is 0 Å². The van der Waals surface area contributed by atoms with Gasteiger partial charge in [0.1, 0.15) is 11.2 Å². The Morgan fingerprint density at radius 1 is 0.388 bits per heavy atom. The highest BCUT2D eigenvalue weighted by atomic mass is 16.3. The summed E-state index contributed by atoms with van der Waals surface area (Å²) >= 11 is 0. The van der Waals surface area contributed by atoms with Gasteiger partial charge in [-0.1, -0.05) is 91.0 Å². The van der Waals surface area contributed by atoms with Gasteiger partial charge in [-0.05, 0) is 104 Å². The molecular weight excluding hydrogens is 597 g/mol. The number of hydrogen-bond donors (Lipinski definition) is 0. The van der Waals surface area contributed by atoms with Crippen molar-refractivity contribution in [3.05, 3.63) is 156 Å². The second kappa shape index (κ2) is 10.2. The Morgan fingerprint density at radius 2 is 0.816 bits per heavy atom. The van der Waals surface area contributed by atoms with Crippen LogP contribution in [-0.4, -0.2) is 9.13 Å². The molecule has 7 aromatic carbocycles. The summed E-state index contributed by atoms with van der Waals surface area (Å²) in [6.45, 7) is 8.98. The van der Waals surface area contributed by atoms with E-state index in [0.717, 1.165) is 11.2 Å². The molecule has 0 amide bonds. The minimum atomic E-state index is 0.933. The predicted octanol–water partition coefficient (Wildman–Crippen LogP) is 12.7. The maximum atomic E-state index is 6.72. The van der Waals surface area contributed by atoms with Crippen molar-refractivity contribution in [2.75, 3.05) is 0 Å². The Kier molecular flexibility index (Phi) is 5.84. The molecule has 0 bridgehead atoms. The van der Waals surface area contributed by atoms with Gasteiger partial charge in [0, 0.05) is 32.3 Å². The molecular formula is C46H34N2O. The minimum absolute atomic E-state index is 0.933. The van der Waals surface area contributed by atoms with Gasteiger partial charge in [0.05, 0.1) is 33.4 Å². The fraction of sp³-hybridized carbons (Fsp3) is 0.0870. The van der Waals surface area contributed by atoms with Gasteiger partial charge >= 0.3 is 0 Å². The number of aryl methyl sites for hydroxylation is 4. The number of para-hydroxylation sites is 3. The molecule has 49 heavy (non-hydrogen) atoms. The summed E-state index contributed by atoms with van der Waals surface area (Å²) < 4.78 is 11.6. The van der Waals surface area contributed by atoms with Crippen molar-refractivity contribution in [2.24, 2.45) is 0 Å². The van der Waals surface area contributed by atoms with E-state index in [0.29, 0.717) is 0 Å². The van der Waals surface area contributed by atoms with Crippen molar-refractivity contribution in [1.29, 1.82) is 0 Å². The van der Waals surface area contributed by atoms with E-state index in [2.05, 4.69) is 170 Å². The van der Waals surface area contributed by atoms with Gasteiger partial charge in [0.15, 0.2) is 0 Å². The van der Waals surface area contributed by atoms with Crippen molar-refractivity contribution in [1.82, 2.24) is 9.13 Å². The molecule has 0 aliphatic carbocycles. The maximum absolute atomic E-state index is 6.72. The van der Waals surface area contributed by atoms with E-state index in [4.69, 9.17) is 4.42 Å². The molecule has 3 aromatic heterocycles. The number of fused-ring (bicyclic) bond motifs is 9. The van der Waals surface area contributed by atoms with Crippen LogP contribution in [-0.2, 0) is 0 Å². The van der Waals surface area contributed by atoms with Crippen LogP contribution in [0.15, 0.2) is 138 Å². The third-order valence-corrected chi connectivity index (χ3v) is 10.7. The highest BCUT2D eigenvalue weighted by Gasteiger charge is 2.24. The average molecular weight is 631 g/mol. The first kappa shape index (κ1) is 28.0. The van der Waals surface area contributed by atoms with Crippen molar-refractivity contribution >= 4 is 65.6 Å². The average Bonchev–Trinajstić information content (AvgIpc) is 3.77. The molecule has 0 saturated carbocycles. The summed E-state index contributed by atoms with van der Waals surface area (Å²) in [6.07, 6.45) is 0. The Hall–Kier alpha value is -6.06. The molecule has 234 valence electrons. The molecule has 0 N–H and O–H groups in total. The lowest BCUT2D eigenvalue weighted by Crippen LogP contribution is -2.02. The third kappa shape index (κ3) is 3.84. The first-order chi connectivity index (χ1) is 24.0. The normalized spacial score (nSPS) is 12.1. The zero-order valence-corrected chi connectivity index (χ0v) is 28.0. The lowest BCUT2D eigenvalue weighted by molar-refractivity contribution is 0.667. The largest absolute Gasteiger partial charge is 0.456 e. The Labute approximate surface area is 284 Å². The number of furan rings is 1. The monoisotopic (exact) mass is 630 g/mol. The van der Waals surface area contributed by atoms with Crippen molar-refractivity contribution in [3.8, 4) is 22.5 Å². The van der Waals surface area contributed by atoms with E-state index in [1.807, 2.05) is 0 Å². The van der Waals surface area contributed by atoms with Gasteiger partial charge in [-0.2, -0.15) is 0 Å². The van der Waals surface area contributed by atoms with Crippen LogP contribution in [0.2, 0.25) is 0 Å². The minimum Gasteiger partial charge on any atom is -0.456 e. The summed E-state index contributed by atoms with van der Waals surface area (Å²) in [7, 11) is 0. The molecule has 10 rings (SSSR count). The molecule has 3 heterocycles. The molecule has 10 aromatic rings. The van der Waals surface area contributed by atoms with Crippen LogP contribution in [0.3, 0.4) is 0 Å². The Bertz CT molecular complexity index is 2920. The van der Waals surface area contributed by atoms with Crippen LogP contribution in [0.25, 0.3) is 88.1 Å². The van der Waals surface area contributed by atoms with Crippen LogP contribution < -0.4 is 0 Å². The van der Waals surface area contributed by atoms with Crippen LogP contribution in [0.1, 0.15) is 22.3 Å². The van der Waals surface area contributed by atoms with Gasteiger partial charge in [0.2, 0.25) is 0 Å². The molecule has 0 saturated heterocycles. The lowest BCUT2D eigenvalue weighted by atomic mass is 9.96. The van der Waals surface area contributed by atoms with Gasteiger partial charge < -0.3 is 13.6 Å². The summed E-state index contributed by atoms with van der Waals surface area (Å²) in [5.41, 5.74) is 16.4. The molecule has 0 aliphatic rings. The number of aromatic nitrogens is 2. The quantitative estimate of drug-likeness (QED) is 0.190. The van der Waals surface area contributed by atoms with Crippen LogP contribution in [0.5, 0.6) is 0 Å². The number of benzene rings is 7. The number of rotatable bonds is 3. The van der Waals surface area contributed by atoms with Gasteiger partial charge in [-0.25, -0.2) is 0 Å². The molecule has 0 aliphatic heterocycles. The molecule has 0 unspecified atom stereocenters. The molecule has 0 atom stereocenters. The zero-order valence-electron chi connectivity index (χ0n) is 28.0. The molecule has 0 radical (unpaired) electrons. The highest BCUT2D eigenvalue weighted by Crippen LogP contribution is 2.44. The first-order valence-electron chi connectivity index (χ1n) is 17.0. The smallest absolute Gasteiger partial charge is 0.136 e. The zero-order chi connectivity index (χ0) is 33.0. The standard InChI is InChI=1S/C46H34N2O/c1-27-24-41-43(29(3)45(27)47-37-19-11-8-16-33(37)34-17-9-12-20-38(34)47)44-30(4)46(28(2)25-42(44)49-41)48-39-21-13-10-18-35(39)36-26-32(22-23-40(36)48)31-14-6-5-7-15-31/h5-26H,1-4H3. The summed E-state index contributed by atoms with van der Waals surface area (Å²) in [5, 5.41) is 7.42. The second-order valence-corrected chi connectivity index (χ2v) is 13.5. The van der Waals surface area contributed by atoms with E-state index >= 15 is 0 Å². The second-order valence-electron chi connectivity index (χ2n) is 13.5. The van der Waals surface area contributed by atoms with Gasteiger partial charge in [-0.15, -0.1) is 0 Å². The fourth-order valence-electron chi connectivity index (χ4n) is 8.65. The van der Waals surface area contributed by atoms with Gasteiger partial charge in [-0.3, -0.25) is 0 Å². The van der Waals surface area contributed by atoms with Crippen molar-refractivity contribution < 1.29 is 4.42 Å². The van der Waals surface area contributed by atoms with Gasteiger partial charge in [0.25, 0.3) is 0 Å². The highest BCUT2D eigenvalue weighted by molar-refractivity contribution is 6.15. The predicted molar refractivity (Wildman–Crippen MR) is 207 cm³/mol. The van der Waals surface area contributed by atoms with Crippen molar-refractivity contribution in [2.45, 2.75) is 27.7 Å². The first-order valence-corrected chi connectivity index (χ1v) is 17.0. The number of hydrogen-bond acceptors (Lipinski definition) is 1. The Morgan fingerprint density at radius 3 is 1.33 bits per heavy atom. The third-order valence-electron chi connectivity index (χ3n) is 10.7. The molecule has 3 nitrogen and oxygen atoms in total.